The van der Waals surface area contributed by atoms with Gasteiger partial charge in [-0.05, 0) is 59.3 Å². The van der Waals surface area contributed by atoms with E-state index in [1.165, 1.54) is 0 Å². The van der Waals surface area contributed by atoms with Gasteiger partial charge in [0.05, 0.1) is 34.3 Å². The Hall–Kier alpha value is -8.49. The zero-order chi connectivity index (χ0) is 40.0. The minimum atomic E-state index is 0.431. The Morgan fingerprint density at radius 3 is 1.49 bits per heavy atom. The molecule has 0 N–H and O–H groups in total. The van der Waals surface area contributed by atoms with Crippen LogP contribution in [0.2, 0.25) is 0 Å². The second-order valence-corrected chi connectivity index (χ2v) is 15.3. The number of aromatic nitrogens is 3. The van der Waals surface area contributed by atoms with Crippen LogP contribution in [-0.4, -0.2) is 15.0 Å². The van der Waals surface area contributed by atoms with Crippen molar-refractivity contribution in [2.75, 3.05) is 9.80 Å². The minimum absolute atomic E-state index is 0.431. The molecule has 13 aromatic rings. The quantitative estimate of drug-likeness (QED) is 0.165. The fourth-order valence-electron chi connectivity index (χ4n) is 8.95. The predicted octanol–water partition coefficient (Wildman–Crippen LogP) is 14.8. The molecule has 8 heteroatoms. The summed E-state index contributed by atoms with van der Waals surface area (Å²) in [5.41, 5.74) is 9.50. The average molecular weight is 786 g/mol. The van der Waals surface area contributed by atoms with E-state index in [2.05, 4.69) is 137 Å². The number of para-hydroxylation sites is 2. The highest BCUT2D eigenvalue weighted by Crippen LogP contribution is 2.44. The molecule has 0 bridgehead atoms. The maximum Gasteiger partial charge on any atom is 0.237 e. The molecule has 0 unspecified atom stereocenters. The Bertz CT molecular complexity index is 3620. The lowest BCUT2D eigenvalue weighted by atomic mass is 10.1. The highest BCUT2D eigenvalue weighted by molar-refractivity contribution is 6.09. The van der Waals surface area contributed by atoms with Crippen LogP contribution in [-0.2, 0) is 0 Å². The summed E-state index contributed by atoms with van der Waals surface area (Å²) in [4.78, 5) is 19.5. The van der Waals surface area contributed by atoms with Crippen molar-refractivity contribution in [1.82, 2.24) is 15.0 Å². The van der Waals surface area contributed by atoms with Gasteiger partial charge in [0.1, 0.15) is 27.8 Å². The van der Waals surface area contributed by atoms with E-state index in [0.29, 0.717) is 22.8 Å². The van der Waals surface area contributed by atoms with Gasteiger partial charge in [-0.15, -0.1) is 0 Å². The molecule has 0 aliphatic carbocycles. The van der Waals surface area contributed by atoms with Crippen LogP contribution in [0, 0.1) is 0 Å². The van der Waals surface area contributed by atoms with Crippen LogP contribution in [0.25, 0.3) is 87.6 Å². The van der Waals surface area contributed by atoms with Gasteiger partial charge in [0.15, 0.2) is 5.58 Å². The number of benzene rings is 8. The summed E-state index contributed by atoms with van der Waals surface area (Å²) >= 11 is 0. The molecule has 0 saturated carbocycles. The van der Waals surface area contributed by atoms with Crippen molar-refractivity contribution in [3.05, 3.63) is 188 Å². The summed E-state index contributed by atoms with van der Waals surface area (Å²) in [6.45, 7) is 0. The first-order valence-corrected chi connectivity index (χ1v) is 20.2. The van der Waals surface area contributed by atoms with E-state index in [1.807, 2.05) is 60.9 Å². The summed E-state index contributed by atoms with van der Waals surface area (Å²) in [6, 6.07) is 60.3. The molecule has 13 rings (SSSR count). The van der Waals surface area contributed by atoms with Crippen LogP contribution in [0.4, 0.5) is 34.4 Å². The molecule has 0 fully saturated rings. The van der Waals surface area contributed by atoms with Gasteiger partial charge in [-0.3, -0.25) is 4.90 Å². The molecule has 8 nitrogen and oxygen atoms in total. The van der Waals surface area contributed by atoms with E-state index >= 15 is 0 Å². The van der Waals surface area contributed by atoms with Gasteiger partial charge in [-0.1, -0.05) is 109 Å². The molecular weight excluding hydrogens is 755 g/mol. The summed E-state index contributed by atoms with van der Waals surface area (Å²) in [6.07, 6.45) is 3.70. The van der Waals surface area contributed by atoms with Crippen molar-refractivity contribution in [3.8, 4) is 0 Å². The number of anilines is 6. The highest BCUT2D eigenvalue weighted by Gasteiger charge is 2.24. The molecule has 0 amide bonds. The van der Waals surface area contributed by atoms with Crippen LogP contribution in [0.15, 0.2) is 202 Å². The van der Waals surface area contributed by atoms with Gasteiger partial charge in [0.2, 0.25) is 11.7 Å². The first-order chi connectivity index (χ1) is 30.2. The van der Waals surface area contributed by atoms with Crippen molar-refractivity contribution in [2.24, 2.45) is 0 Å². The van der Waals surface area contributed by atoms with E-state index in [1.54, 1.807) is 0 Å². The largest absolute Gasteiger partial charge is 0.456 e. The molecule has 5 heterocycles. The number of hydrogen-bond acceptors (Lipinski definition) is 8. The van der Waals surface area contributed by atoms with Crippen molar-refractivity contribution in [3.63, 3.8) is 0 Å². The molecule has 5 aromatic heterocycles. The van der Waals surface area contributed by atoms with E-state index in [4.69, 9.17) is 28.2 Å². The standard InChI is InChI=1S/C53H31N5O3/c1-3-15-37-32(11-1)13-9-19-44(37)57(34-23-25-41-39-17-5-7-21-46(39)59-48(41)27-34)36-29-50-51(54-30-36)43-31-55-53(56-52(43)61-50)58(45-20-10-14-33-12-2-4-16-38(33)45)35-24-26-42-40-18-6-8-22-47(40)60-49(42)28-35/h1-31H. The van der Waals surface area contributed by atoms with Crippen molar-refractivity contribution in [2.45, 2.75) is 0 Å². The smallest absolute Gasteiger partial charge is 0.237 e. The summed E-state index contributed by atoms with van der Waals surface area (Å²) in [7, 11) is 0. The first-order valence-electron chi connectivity index (χ1n) is 20.2. The summed E-state index contributed by atoms with van der Waals surface area (Å²) < 4.78 is 19.4. The van der Waals surface area contributed by atoms with E-state index in [-0.39, 0.29) is 0 Å². The maximum absolute atomic E-state index is 6.67. The molecule has 0 radical (unpaired) electrons. The van der Waals surface area contributed by atoms with Crippen LogP contribution in [0.1, 0.15) is 0 Å². The molecule has 8 aromatic carbocycles. The van der Waals surface area contributed by atoms with E-state index in [0.717, 1.165) is 99.2 Å². The average Bonchev–Trinajstić information content (AvgIpc) is 3.99. The molecule has 0 aliphatic heterocycles. The van der Waals surface area contributed by atoms with Crippen molar-refractivity contribution < 1.29 is 13.3 Å². The molecular formula is C53H31N5O3. The van der Waals surface area contributed by atoms with Gasteiger partial charge in [-0.2, -0.15) is 4.98 Å². The van der Waals surface area contributed by atoms with Crippen LogP contribution >= 0.6 is 0 Å². The number of nitrogens with zero attached hydrogens (tertiary/aromatic N) is 5. The van der Waals surface area contributed by atoms with E-state index < -0.39 is 0 Å². The normalized spacial score (nSPS) is 11.9. The van der Waals surface area contributed by atoms with Gasteiger partial charge in [0.25, 0.3) is 0 Å². The lowest BCUT2D eigenvalue weighted by Crippen LogP contribution is -2.13. The molecule has 0 saturated heterocycles. The van der Waals surface area contributed by atoms with Crippen LogP contribution in [0.3, 0.4) is 0 Å². The molecule has 286 valence electrons. The highest BCUT2D eigenvalue weighted by atomic mass is 16.3. The Labute approximate surface area is 347 Å². The van der Waals surface area contributed by atoms with Gasteiger partial charge in [-0.25, -0.2) is 9.97 Å². The predicted molar refractivity (Wildman–Crippen MR) is 246 cm³/mol. The third-order valence-corrected chi connectivity index (χ3v) is 11.8. The Morgan fingerprint density at radius 1 is 0.344 bits per heavy atom. The van der Waals surface area contributed by atoms with Crippen molar-refractivity contribution >= 4 is 122 Å². The van der Waals surface area contributed by atoms with Gasteiger partial charge < -0.3 is 18.2 Å². The Balaban J connectivity index is 0.981. The third-order valence-electron chi connectivity index (χ3n) is 11.8. The number of furan rings is 3. The van der Waals surface area contributed by atoms with Crippen LogP contribution in [0.5, 0.6) is 0 Å². The topological polar surface area (TPSA) is 84.6 Å². The first kappa shape index (κ1) is 33.5. The van der Waals surface area contributed by atoms with Crippen LogP contribution < -0.4 is 9.80 Å². The number of fused-ring (bicyclic) bond motifs is 11. The van der Waals surface area contributed by atoms with E-state index in [9.17, 15) is 0 Å². The van der Waals surface area contributed by atoms with Gasteiger partial charge in [0, 0.05) is 62.4 Å². The fourth-order valence-corrected chi connectivity index (χ4v) is 8.95. The lowest BCUT2D eigenvalue weighted by Gasteiger charge is -2.26. The third kappa shape index (κ3) is 5.22. The molecule has 0 aliphatic rings. The number of rotatable bonds is 6. The second-order valence-electron chi connectivity index (χ2n) is 15.3. The van der Waals surface area contributed by atoms with Crippen molar-refractivity contribution in [1.29, 1.82) is 0 Å². The fraction of sp³-hybridized carbons (Fsp3) is 0. The maximum atomic E-state index is 6.67. The summed E-state index contributed by atoms with van der Waals surface area (Å²) in [5, 5.41) is 9.37. The minimum Gasteiger partial charge on any atom is -0.456 e. The molecule has 61 heavy (non-hydrogen) atoms. The SMILES string of the molecule is c1ccc2c(N(c3ccc4c(c3)oc3ccccc34)c3cnc4c(c3)oc3nc(N(c5ccc6c(c5)oc5ccccc56)c5cccc6ccccc56)ncc34)cccc2c1. The zero-order valence-corrected chi connectivity index (χ0v) is 32.4. The number of hydrogen-bond donors (Lipinski definition) is 0. The lowest BCUT2D eigenvalue weighted by molar-refractivity contribution is 0.652. The summed E-state index contributed by atoms with van der Waals surface area (Å²) in [5.74, 6) is 0.454. The Kier molecular flexibility index (Phi) is 7.14. The monoisotopic (exact) mass is 785 g/mol. The second kappa shape index (κ2) is 13.0. The molecule has 0 spiro atoms. The zero-order valence-electron chi connectivity index (χ0n) is 32.4. The number of pyridine rings is 1. The molecule has 0 atom stereocenters. The van der Waals surface area contributed by atoms with Gasteiger partial charge >= 0.3 is 0 Å². The Morgan fingerprint density at radius 2 is 0.852 bits per heavy atom.